The van der Waals surface area contributed by atoms with Crippen molar-refractivity contribution >= 4 is 21.8 Å². The van der Waals surface area contributed by atoms with E-state index < -0.39 is 0 Å². The van der Waals surface area contributed by atoms with Crippen LogP contribution in [0.4, 0.5) is 4.39 Å². The van der Waals surface area contributed by atoms with Gasteiger partial charge in [0.2, 0.25) is 0 Å². The molecular formula is C14H17BrFNO. The summed E-state index contributed by atoms with van der Waals surface area (Å²) in [5.41, 5.74) is 0.487. The highest BCUT2D eigenvalue weighted by molar-refractivity contribution is 9.10. The van der Waals surface area contributed by atoms with Crippen molar-refractivity contribution < 1.29 is 9.18 Å². The summed E-state index contributed by atoms with van der Waals surface area (Å²) in [6.45, 7) is 2.05. The molecule has 1 aliphatic carbocycles. The van der Waals surface area contributed by atoms with Gasteiger partial charge in [-0.05, 0) is 59.8 Å². The van der Waals surface area contributed by atoms with Gasteiger partial charge in [0.25, 0.3) is 5.91 Å². The van der Waals surface area contributed by atoms with Crippen molar-refractivity contribution in [2.24, 2.45) is 5.92 Å². The predicted molar refractivity (Wildman–Crippen MR) is 73.0 cm³/mol. The summed E-state index contributed by atoms with van der Waals surface area (Å²) in [6, 6.07) is 4.31. The monoisotopic (exact) mass is 313 g/mol. The number of rotatable bonds is 3. The number of hydrogen-bond acceptors (Lipinski definition) is 1. The molecule has 1 unspecified atom stereocenters. The Morgan fingerprint density at radius 2 is 2.11 bits per heavy atom. The van der Waals surface area contributed by atoms with Crippen molar-refractivity contribution in [3.63, 3.8) is 0 Å². The van der Waals surface area contributed by atoms with Gasteiger partial charge >= 0.3 is 0 Å². The molecule has 0 aromatic heterocycles. The Kier molecular flexibility index (Phi) is 4.38. The van der Waals surface area contributed by atoms with Crippen LogP contribution in [-0.4, -0.2) is 11.9 Å². The summed E-state index contributed by atoms with van der Waals surface area (Å²) in [7, 11) is 0. The first-order valence-electron chi connectivity index (χ1n) is 6.34. The minimum Gasteiger partial charge on any atom is -0.349 e. The molecule has 18 heavy (non-hydrogen) atoms. The lowest BCUT2D eigenvalue weighted by molar-refractivity contribution is 0.0926. The molecule has 2 nitrogen and oxygen atoms in total. The maximum absolute atomic E-state index is 13.0. The molecule has 0 radical (unpaired) electrons. The van der Waals surface area contributed by atoms with Gasteiger partial charge in [-0.1, -0.05) is 12.8 Å². The summed E-state index contributed by atoms with van der Waals surface area (Å²) in [5.74, 6) is 0.0942. The van der Waals surface area contributed by atoms with Gasteiger partial charge in [0.15, 0.2) is 0 Å². The van der Waals surface area contributed by atoms with E-state index in [0.717, 1.165) is 0 Å². The molecular weight excluding hydrogens is 297 g/mol. The van der Waals surface area contributed by atoms with Crippen molar-refractivity contribution in [1.29, 1.82) is 0 Å². The fraction of sp³-hybridized carbons (Fsp3) is 0.500. The molecule has 0 bridgehead atoms. The van der Waals surface area contributed by atoms with Crippen LogP contribution >= 0.6 is 15.9 Å². The molecule has 1 aliphatic rings. The van der Waals surface area contributed by atoms with E-state index in [-0.39, 0.29) is 17.8 Å². The van der Waals surface area contributed by atoms with E-state index >= 15 is 0 Å². The Bertz CT molecular complexity index is 443. The number of amides is 1. The quantitative estimate of drug-likeness (QED) is 0.901. The third kappa shape index (κ3) is 3.10. The lowest BCUT2D eigenvalue weighted by Gasteiger charge is -2.20. The summed E-state index contributed by atoms with van der Waals surface area (Å²) < 4.78 is 13.5. The third-order valence-corrected chi connectivity index (χ3v) is 4.30. The van der Waals surface area contributed by atoms with Crippen LogP contribution in [0.25, 0.3) is 0 Å². The van der Waals surface area contributed by atoms with Crippen LogP contribution in [0.15, 0.2) is 22.7 Å². The van der Waals surface area contributed by atoms with Crippen LogP contribution in [0.2, 0.25) is 0 Å². The van der Waals surface area contributed by atoms with Gasteiger partial charge in [-0.25, -0.2) is 4.39 Å². The first-order chi connectivity index (χ1) is 8.58. The highest BCUT2D eigenvalue weighted by Crippen LogP contribution is 2.28. The zero-order chi connectivity index (χ0) is 13.1. The smallest absolute Gasteiger partial charge is 0.252 e. The molecule has 4 heteroatoms. The molecule has 1 N–H and O–H groups in total. The van der Waals surface area contributed by atoms with E-state index in [9.17, 15) is 9.18 Å². The largest absolute Gasteiger partial charge is 0.349 e. The molecule has 2 rings (SSSR count). The van der Waals surface area contributed by atoms with Gasteiger partial charge in [-0.3, -0.25) is 4.79 Å². The number of nitrogens with one attached hydrogen (secondary N) is 1. The second-order valence-corrected chi connectivity index (χ2v) is 5.79. The normalized spacial score (nSPS) is 17.7. The maximum atomic E-state index is 13.0. The molecule has 0 aliphatic heterocycles. The lowest BCUT2D eigenvalue weighted by Crippen LogP contribution is -2.37. The molecule has 0 saturated heterocycles. The fourth-order valence-corrected chi connectivity index (χ4v) is 3.06. The van der Waals surface area contributed by atoms with Crippen molar-refractivity contribution in [3.8, 4) is 0 Å². The number of hydrogen-bond donors (Lipinski definition) is 1. The highest BCUT2D eigenvalue weighted by atomic mass is 79.9. The van der Waals surface area contributed by atoms with Crippen molar-refractivity contribution in [1.82, 2.24) is 5.32 Å². The lowest BCUT2D eigenvalue weighted by atomic mass is 9.99. The molecule has 1 fully saturated rings. The number of halogens is 2. The Balaban J connectivity index is 2.02. The van der Waals surface area contributed by atoms with E-state index in [4.69, 9.17) is 0 Å². The Labute approximate surface area is 115 Å². The second kappa shape index (κ2) is 5.83. The number of carbonyl (C=O) groups is 1. The molecule has 0 heterocycles. The average Bonchev–Trinajstić information content (AvgIpc) is 2.81. The molecule has 1 atom stereocenters. The van der Waals surface area contributed by atoms with Crippen LogP contribution in [-0.2, 0) is 0 Å². The van der Waals surface area contributed by atoms with Crippen LogP contribution in [0, 0.1) is 11.7 Å². The number of benzene rings is 1. The van der Waals surface area contributed by atoms with Crippen LogP contribution in [0.5, 0.6) is 0 Å². The Hall–Kier alpha value is -0.900. The average molecular weight is 314 g/mol. The van der Waals surface area contributed by atoms with Crippen LogP contribution < -0.4 is 5.32 Å². The van der Waals surface area contributed by atoms with Crippen LogP contribution in [0.1, 0.15) is 43.0 Å². The first kappa shape index (κ1) is 13.5. The molecule has 0 spiro atoms. The van der Waals surface area contributed by atoms with Gasteiger partial charge in [-0.15, -0.1) is 0 Å². The molecule has 1 aromatic carbocycles. The second-order valence-electron chi connectivity index (χ2n) is 4.93. The van der Waals surface area contributed by atoms with Crippen molar-refractivity contribution in [3.05, 3.63) is 34.1 Å². The van der Waals surface area contributed by atoms with E-state index in [1.165, 1.54) is 43.9 Å². The summed E-state index contributed by atoms with van der Waals surface area (Å²) in [6.07, 6.45) is 4.88. The summed E-state index contributed by atoms with van der Waals surface area (Å²) >= 11 is 3.22. The molecule has 1 amide bonds. The zero-order valence-corrected chi connectivity index (χ0v) is 12.0. The summed E-state index contributed by atoms with van der Waals surface area (Å²) in [4.78, 5) is 12.1. The van der Waals surface area contributed by atoms with Gasteiger partial charge in [0.1, 0.15) is 5.82 Å². The summed E-state index contributed by atoms with van der Waals surface area (Å²) in [5, 5.41) is 3.01. The highest BCUT2D eigenvalue weighted by Gasteiger charge is 2.23. The van der Waals surface area contributed by atoms with Gasteiger partial charge < -0.3 is 5.32 Å². The predicted octanol–water partition coefficient (Wildman–Crippen LogP) is 3.90. The molecule has 1 aromatic rings. The van der Waals surface area contributed by atoms with E-state index in [0.29, 0.717) is 16.0 Å². The van der Waals surface area contributed by atoms with Gasteiger partial charge in [0.05, 0.1) is 5.56 Å². The third-order valence-electron chi connectivity index (χ3n) is 3.64. The minimum atomic E-state index is -0.345. The van der Waals surface area contributed by atoms with E-state index in [2.05, 4.69) is 21.2 Å². The maximum Gasteiger partial charge on any atom is 0.252 e. The topological polar surface area (TPSA) is 29.1 Å². The fourth-order valence-electron chi connectivity index (χ4n) is 2.53. The Morgan fingerprint density at radius 1 is 1.44 bits per heavy atom. The zero-order valence-electron chi connectivity index (χ0n) is 10.4. The standard InChI is InChI=1S/C14H17BrFNO/c1-9(10-4-2-3-5-10)17-14(18)12-7-6-11(16)8-13(12)15/h6-10H,2-5H2,1H3,(H,17,18). The Morgan fingerprint density at radius 3 is 2.72 bits per heavy atom. The molecule has 1 saturated carbocycles. The minimum absolute atomic E-state index is 0.138. The van der Waals surface area contributed by atoms with Crippen molar-refractivity contribution in [2.45, 2.75) is 38.6 Å². The SMILES string of the molecule is CC(NC(=O)c1ccc(F)cc1Br)C1CCCC1. The number of carbonyl (C=O) groups excluding carboxylic acids is 1. The van der Waals surface area contributed by atoms with Crippen LogP contribution in [0.3, 0.4) is 0 Å². The van der Waals surface area contributed by atoms with E-state index in [1.54, 1.807) is 0 Å². The molecule has 98 valence electrons. The first-order valence-corrected chi connectivity index (χ1v) is 7.13. The van der Waals surface area contributed by atoms with Gasteiger partial charge in [0, 0.05) is 10.5 Å². The van der Waals surface area contributed by atoms with Gasteiger partial charge in [-0.2, -0.15) is 0 Å². The van der Waals surface area contributed by atoms with E-state index in [1.807, 2.05) is 6.92 Å². The van der Waals surface area contributed by atoms with Crippen molar-refractivity contribution in [2.75, 3.05) is 0 Å².